The van der Waals surface area contributed by atoms with Crippen molar-refractivity contribution in [1.82, 2.24) is 25.8 Å². The molecule has 0 radical (unpaired) electrons. The van der Waals surface area contributed by atoms with E-state index in [-0.39, 0.29) is 61.0 Å². The van der Waals surface area contributed by atoms with E-state index in [0.29, 0.717) is 41.4 Å². The second kappa shape index (κ2) is 19.5. The monoisotopic (exact) mass is 760 g/mol. The Kier molecular flexibility index (Phi) is 14.8. The number of methoxy groups -OCH3 is 1. The van der Waals surface area contributed by atoms with E-state index in [1.807, 2.05) is 13.8 Å². The summed E-state index contributed by atoms with van der Waals surface area (Å²) >= 11 is 0. The number of nitrogens with one attached hydrogen (secondary N) is 4. The highest BCUT2D eigenvalue weighted by molar-refractivity contribution is 6.42. The van der Waals surface area contributed by atoms with Crippen LogP contribution in [-0.2, 0) is 30.5 Å². The van der Waals surface area contributed by atoms with Crippen molar-refractivity contribution < 1.29 is 43.0 Å². The number of carboxylic acids is 1. The number of carbonyl (C=O) groups excluding carboxylic acids is 5. The first-order valence-electron chi connectivity index (χ1n) is 18.3. The summed E-state index contributed by atoms with van der Waals surface area (Å²) in [7, 11) is 1.55. The zero-order valence-corrected chi connectivity index (χ0v) is 31.8. The zero-order chi connectivity index (χ0) is 40.2. The number of aryl methyl sites for hydroxylation is 1. The van der Waals surface area contributed by atoms with Gasteiger partial charge in [0, 0.05) is 62.4 Å². The normalized spacial score (nSPS) is 13.5. The number of ether oxygens (including phenoxy) is 1. The highest BCUT2D eigenvalue weighted by Crippen LogP contribution is 2.40. The van der Waals surface area contributed by atoms with Crippen LogP contribution in [-0.4, -0.2) is 90.3 Å². The lowest BCUT2D eigenvalue weighted by Gasteiger charge is -2.22. The summed E-state index contributed by atoms with van der Waals surface area (Å²) in [6.07, 6.45) is 0.498. The summed E-state index contributed by atoms with van der Waals surface area (Å²) < 4.78 is 19.8. The maximum Gasteiger partial charge on any atom is 0.303 e. The smallest absolute Gasteiger partial charge is 0.303 e. The Labute approximate surface area is 319 Å². The number of nitrogens with zero attached hydrogens (tertiary/aromatic N) is 2. The van der Waals surface area contributed by atoms with E-state index in [0.717, 1.165) is 35.7 Å². The molecule has 55 heavy (non-hydrogen) atoms. The predicted octanol–water partition coefficient (Wildman–Crippen LogP) is 3.96. The molecule has 1 aromatic heterocycles. The van der Waals surface area contributed by atoms with Crippen molar-refractivity contribution in [3.8, 4) is 5.75 Å². The fraction of sp³-hybridized carbons (Fsp3) is 0.400. The quantitative estimate of drug-likeness (QED) is 0.113. The number of aromatic amines is 1. The number of fused-ring (bicyclic) bond motifs is 1. The highest BCUT2D eigenvalue weighted by Gasteiger charge is 2.40. The van der Waals surface area contributed by atoms with Gasteiger partial charge in [-0.1, -0.05) is 26.0 Å². The molecule has 2 aromatic carbocycles. The first kappa shape index (κ1) is 41.9. The Balaban J connectivity index is 1.48. The van der Waals surface area contributed by atoms with Crippen LogP contribution < -0.4 is 25.6 Å². The first-order chi connectivity index (χ1) is 26.3. The molecule has 0 saturated heterocycles. The zero-order valence-electron chi connectivity index (χ0n) is 31.8. The molecule has 0 fully saturated rings. The third kappa shape index (κ3) is 10.9. The van der Waals surface area contributed by atoms with Crippen molar-refractivity contribution in [2.24, 2.45) is 5.92 Å². The summed E-state index contributed by atoms with van der Waals surface area (Å²) in [5.41, 5.74) is 2.99. The number of hydrogen-bond donors (Lipinski definition) is 5. The summed E-state index contributed by atoms with van der Waals surface area (Å²) in [6.45, 7) is 10.3. The molecule has 4 rings (SSSR count). The van der Waals surface area contributed by atoms with Crippen LogP contribution in [0.1, 0.15) is 78.0 Å². The number of halogens is 1. The van der Waals surface area contributed by atoms with Crippen molar-refractivity contribution >= 4 is 52.8 Å². The number of benzene rings is 2. The standard InChI is InChI=1S/C40H49FN6O8/c1-6-46(7-2)19-18-42-38(52)37-24(3)32(45-25(37)4)21-31-30-20-28(41)11-14-33(30)47(40(31)54)39(53)27(10-17-36(50)51)23-44-35(49)16-15-34(48)43-22-26-8-12-29(55-5)13-9-26/h8-9,11-14,20-21,27,45H,6-7,10,15-19,22-23H2,1-5H3,(H,42,52)(H,43,48)(H,44,49)(H,50,51)/b31-21-. The first-order valence-corrected chi connectivity index (χ1v) is 18.3. The van der Waals surface area contributed by atoms with Gasteiger partial charge in [-0.3, -0.25) is 28.8 Å². The highest BCUT2D eigenvalue weighted by atomic mass is 19.1. The molecule has 5 amide bonds. The van der Waals surface area contributed by atoms with Crippen LogP contribution in [0, 0.1) is 25.6 Å². The molecule has 0 aliphatic carbocycles. The van der Waals surface area contributed by atoms with Crippen molar-refractivity contribution in [2.75, 3.05) is 44.7 Å². The van der Waals surface area contributed by atoms with Gasteiger partial charge in [-0.15, -0.1) is 0 Å². The lowest BCUT2D eigenvalue weighted by atomic mass is 10.0. The van der Waals surface area contributed by atoms with E-state index < -0.39 is 41.8 Å². The molecular weight excluding hydrogens is 711 g/mol. The predicted molar refractivity (Wildman–Crippen MR) is 205 cm³/mol. The molecule has 5 N–H and O–H groups in total. The number of aliphatic carboxylic acids is 1. The van der Waals surface area contributed by atoms with Crippen molar-refractivity contribution in [3.63, 3.8) is 0 Å². The Morgan fingerprint density at radius 3 is 2.27 bits per heavy atom. The number of rotatable bonds is 19. The number of aromatic nitrogens is 1. The molecule has 294 valence electrons. The van der Waals surface area contributed by atoms with Crippen LogP contribution in [0.5, 0.6) is 5.75 Å². The average molecular weight is 761 g/mol. The number of amides is 5. The van der Waals surface area contributed by atoms with Gasteiger partial charge in [-0.05, 0) is 80.9 Å². The third-order valence-corrected chi connectivity index (χ3v) is 9.57. The Bertz CT molecular complexity index is 1940. The Hall–Kier alpha value is -5.83. The van der Waals surface area contributed by atoms with Crippen molar-refractivity contribution in [1.29, 1.82) is 0 Å². The molecule has 3 aromatic rings. The molecule has 1 aliphatic rings. The minimum absolute atomic E-state index is 0.0117. The number of imide groups is 1. The molecule has 0 saturated carbocycles. The van der Waals surface area contributed by atoms with Gasteiger partial charge in [0.25, 0.3) is 11.8 Å². The second-order valence-electron chi connectivity index (χ2n) is 13.2. The number of carbonyl (C=O) groups is 6. The lowest BCUT2D eigenvalue weighted by molar-refractivity contribution is -0.137. The minimum Gasteiger partial charge on any atom is -0.497 e. The molecular formula is C40H49FN6O8. The van der Waals surface area contributed by atoms with Gasteiger partial charge in [0.1, 0.15) is 11.6 Å². The van der Waals surface area contributed by atoms with Crippen LogP contribution in [0.2, 0.25) is 0 Å². The molecule has 0 bridgehead atoms. The van der Waals surface area contributed by atoms with Gasteiger partial charge in [0.05, 0.1) is 29.9 Å². The topological polar surface area (TPSA) is 190 Å². The molecule has 14 nitrogen and oxygen atoms in total. The van der Waals surface area contributed by atoms with Crippen LogP contribution in [0.4, 0.5) is 10.1 Å². The fourth-order valence-electron chi connectivity index (χ4n) is 6.36. The van der Waals surface area contributed by atoms with Gasteiger partial charge in [-0.25, -0.2) is 9.29 Å². The van der Waals surface area contributed by atoms with Gasteiger partial charge >= 0.3 is 5.97 Å². The van der Waals surface area contributed by atoms with E-state index in [2.05, 4.69) is 25.8 Å². The molecule has 2 heterocycles. The SMILES string of the molecule is CCN(CC)CCNC(=O)c1c(C)[nH]c(/C=C2\C(=O)N(C(=O)C(CCC(=O)O)CNC(=O)CCC(=O)NCc3ccc(OC)cc3)c3ccc(F)cc32)c1C. The van der Waals surface area contributed by atoms with E-state index >= 15 is 0 Å². The van der Waals surface area contributed by atoms with Crippen LogP contribution in [0.15, 0.2) is 42.5 Å². The van der Waals surface area contributed by atoms with Crippen LogP contribution in [0.25, 0.3) is 11.6 Å². The molecule has 1 atom stereocenters. The lowest BCUT2D eigenvalue weighted by Crippen LogP contribution is -2.43. The van der Waals surface area contributed by atoms with Gasteiger partial charge in [0.15, 0.2) is 0 Å². The summed E-state index contributed by atoms with van der Waals surface area (Å²) in [4.78, 5) is 84.2. The average Bonchev–Trinajstić information content (AvgIpc) is 3.60. The summed E-state index contributed by atoms with van der Waals surface area (Å²) in [6, 6.07) is 10.6. The number of likely N-dealkylation sites (N-methyl/N-ethyl adjacent to an activating group) is 1. The third-order valence-electron chi connectivity index (χ3n) is 9.57. The van der Waals surface area contributed by atoms with Gasteiger partial charge < -0.3 is 35.7 Å². The number of carboxylic acid groups (broad SMARTS) is 1. The fourth-order valence-corrected chi connectivity index (χ4v) is 6.36. The van der Waals surface area contributed by atoms with E-state index in [1.165, 1.54) is 12.1 Å². The molecule has 1 unspecified atom stereocenters. The molecule has 15 heteroatoms. The van der Waals surface area contributed by atoms with E-state index in [1.54, 1.807) is 45.2 Å². The van der Waals surface area contributed by atoms with E-state index in [9.17, 15) is 38.3 Å². The van der Waals surface area contributed by atoms with Gasteiger partial charge in [-0.2, -0.15) is 0 Å². The molecule has 1 aliphatic heterocycles. The maximum atomic E-state index is 14.6. The van der Waals surface area contributed by atoms with Crippen LogP contribution >= 0.6 is 0 Å². The van der Waals surface area contributed by atoms with Crippen molar-refractivity contribution in [3.05, 3.63) is 81.9 Å². The van der Waals surface area contributed by atoms with Crippen molar-refractivity contribution in [2.45, 2.75) is 59.9 Å². The Morgan fingerprint density at radius 1 is 0.964 bits per heavy atom. The second-order valence-corrected chi connectivity index (χ2v) is 13.2. The maximum absolute atomic E-state index is 14.6. The summed E-state index contributed by atoms with van der Waals surface area (Å²) in [5.74, 6) is -5.07. The molecule has 0 spiro atoms. The number of hydrogen-bond acceptors (Lipinski definition) is 8. The minimum atomic E-state index is -1.18. The number of anilines is 1. The number of H-pyrrole nitrogens is 1. The summed E-state index contributed by atoms with van der Waals surface area (Å²) in [5, 5.41) is 17.7. The Morgan fingerprint density at radius 2 is 1.64 bits per heavy atom. The largest absolute Gasteiger partial charge is 0.497 e. The van der Waals surface area contributed by atoms with E-state index in [4.69, 9.17) is 4.74 Å². The van der Waals surface area contributed by atoms with Gasteiger partial charge in [0.2, 0.25) is 17.7 Å². The van der Waals surface area contributed by atoms with Crippen LogP contribution in [0.3, 0.4) is 0 Å².